The Kier molecular flexibility index (Phi) is 6.01. The van der Waals surface area contributed by atoms with Gasteiger partial charge in [0, 0.05) is 23.3 Å². The molecule has 0 saturated heterocycles. The number of pyridine rings is 1. The molecule has 3 aromatic rings. The van der Waals surface area contributed by atoms with Crippen molar-refractivity contribution in [1.82, 2.24) is 4.98 Å². The van der Waals surface area contributed by atoms with E-state index in [9.17, 15) is 18.4 Å². The number of carbonyl (C=O) groups excluding carboxylic acids is 2. The van der Waals surface area contributed by atoms with Crippen molar-refractivity contribution < 1.29 is 27.8 Å². The molecular weight excluding hydrogens is 382 g/mol. The summed E-state index contributed by atoms with van der Waals surface area (Å²) in [5.41, 5.74) is 1.07. The molecule has 1 N–H and O–H groups in total. The van der Waals surface area contributed by atoms with Crippen LogP contribution in [0, 0.1) is 11.6 Å². The first-order chi connectivity index (χ1) is 13.9. The fraction of sp³-hybridized carbons (Fsp3) is 0.190. The zero-order chi connectivity index (χ0) is 21.0. The minimum absolute atomic E-state index is 0.0602. The van der Waals surface area contributed by atoms with E-state index in [1.165, 1.54) is 12.3 Å². The first-order valence-electron chi connectivity index (χ1n) is 8.93. The molecule has 0 radical (unpaired) electrons. The number of fused-ring (bicyclic) bond motifs is 1. The first-order valence-corrected chi connectivity index (χ1v) is 8.93. The van der Waals surface area contributed by atoms with E-state index in [1.807, 2.05) is 0 Å². The van der Waals surface area contributed by atoms with Gasteiger partial charge in [0.15, 0.2) is 0 Å². The van der Waals surface area contributed by atoms with Gasteiger partial charge in [0.05, 0.1) is 30.0 Å². The minimum atomic E-state index is -0.782. The summed E-state index contributed by atoms with van der Waals surface area (Å²) in [6.07, 6.45) is 1.31. The molecule has 0 aliphatic rings. The maximum Gasteiger partial charge on any atom is 0.341 e. The average molecular weight is 400 g/mol. The molecule has 150 valence electrons. The number of hydrogen-bond acceptors (Lipinski definition) is 6. The topological polar surface area (TPSA) is 77.5 Å². The van der Waals surface area contributed by atoms with Crippen LogP contribution in [-0.2, 0) is 9.47 Å². The number of aromatic nitrogens is 1. The van der Waals surface area contributed by atoms with Crippen molar-refractivity contribution in [3.63, 3.8) is 0 Å². The van der Waals surface area contributed by atoms with Crippen molar-refractivity contribution in [2.75, 3.05) is 18.5 Å². The second kappa shape index (κ2) is 8.64. The summed E-state index contributed by atoms with van der Waals surface area (Å²) in [7, 11) is 0. The van der Waals surface area contributed by atoms with E-state index in [4.69, 9.17) is 9.47 Å². The van der Waals surface area contributed by atoms with Gasteiger partial charge in [-0.25, -0.2) is 18.4 Å². The molecule has 0 saturated carbocycles. The molecule has 0 aliphatic heterocycles. The van der Waals surface area contributed by atoms with Gasteiger partial charge >= 0.3 is 11.9 Å². The van der Waals surface area contributed by atoms with Gasteiger partial charge in [0.25, 0.3) is 0 Å². The Hall–Kier alpha value is -3.55. The van der Waals surface area contributed by atoms with Crippen molar-refractivity contribution in [1.29, 1.82) is 0 Å². The van der Waals surface area contributed by atoms with Crippen LogP contribution in [0.25, 0.3) is 10.9 Å². The molecule has 1 heterocycles. The minimum Gasteiger partial charge on any atom is -0.462 e. The Morgan fingerprint density at radius 2 is 1.62 bits per heavy atom. The van der Waals surface area contributed by atoms with Crippen molar-refractivity contribution in [2.24, 2.45) is 0 Å². The first kappa shape index (κ1) is 20.2. The number of nitrogens with one attached hydrogen (secondary N) is 1. The lowest BCUT2D eigenvalue weighted by Crippen LogP contribution is -2.10. The van der Waals surface area contributed by atoms with Crippen LogP contribution in [0.5, 0.6) is 0 Å². The number of nitrogens with zero attached hydrogens (tertiary/aromatic N) is 1. The van der Waals surface area contributed by atoms with Crippen molar-refractivity contribution in [2.45, 2.75) is 13.8 Å². The predicted octanol–water partition coefficient (Wildman–Crippen LogP) is 4.61. The van der Waals surface area contributed by atoms with Gasteiger partial charge in [0.2, 0.25) is 0 Å². The molecule has 0 bridgehead atoms. The second-order valence-corrected chi connectivity index (χ2v) is 6.00. The van der Waals surface area contributed by atoms with Crippen molar-refractivity contribution in [3.8, 4) is 0 Å². The highest BCUT2D eigenvalue weighted by molar-refractivity contribution is 6.07. The van der Waals surface area contributed by atoms with Crippen LogP contribution in [0.3, 0.4) is 0 Å². The monoisotopic (exact) mass is 400 g/mol. The molecule has 2 aromatic carbocycles. The summed E-state index contributed by atoms with van der Waals surface area (Å²) in [6, 6.07) is 7.54. The average Bonchev–Trinajstić information content (AvgIpc) is 2.67. The molecule has 29 heavy (non-hydrogen) atoms. The Balaban J connectivity index is 2.19. The predicted molar refractivity (Wildman–Crippen MR) is 103 cm³/mol. The smallest absolute Gasteiger partial charge is 0.341 e. The molecule has 0 amide bonds. The van der Waals surface area contributed by atoms with Gasteiger partial charge in [-0.15, -0.1) is 0 Å². The van der Waals surface area contributed by atoms with Gasteiger partial charge in [0.1, 0.15) is 17.2 Å². The van der Waals surface area contributed by atoms with Gasteiger partial charge in [-0.2, -0.15) is 0 Å². The van der Waals surface area contributed by atoms with Crippen LogP contribution in [0.2, 0.25) is 0 Å². The summed E-state index contributed by atoms with van der Waals surface area (Å²) >= 11 is 0. The Morgan fingerprint density at radius 3 is 2.28 bits per heavy atom. The summed E-state index contributed by atoms with van der Waals surface area (Å²) in [4.78, 5) is 28.8. The van der Waals surface area contributed by atoms with Crippen LogP contribution in [0.1, 0.15) is 34.6 Å². The van der Waals surface area contributed by atoms with E-state index in [0.717, 1.165) is 18.2 Å². The number of carbonyl (C=O) groups is 2. The van der Waals surface area contributed by atoms with Gasteiger partial charge in [-0.05, 0) is 44.2 Å². The molecular formula is C21H18F2N2O4. The van der Waals surface area contributed by atoms with Crippen molar-refractivity contribution >= 4 is 34.2 Å². The van der Waals surface area contributed by atoms with E-state index in [0.29, 0.717) is 10.9 Å². The highest BCUT2D eigenvalue weighted by Gasteiger charge is 2.19. The molecule has 0 unspecified atom stereocenters. The van der Waals surface area contributed by atoms with Crippen molar-refractivity contribution in [3.05, 3.63) is 65.4 Å². The lowest BCUT2D eigenvalue weighted by atomic mass is 10.1. The van der Waals surface area contributed by atoms with E-state index < -0.39 is 23.6 Å². The SMILES string of the molecule is CCOC(=O)c1ccc2ncc(C(=O)OCC)c(Nc3cc(F)cc(F)c3)c2c1. The summed E-state index contributed by atoms with van der Waals surface area (Å²) in [5, 5.41) is 3.26. The largest absolute Gasteiger partial charge is 0.462 e. The number of benzene rings is 2. The van der Waals surface area contributed by atoms with E-state index in [1.54, 1.807) is 26.0 Å². The summed E-state index contributed by atoms with van der Waals surface area (Å²) < 4.78 is 37.3. The molecule has 0 atom stereocenters. The Morgan fingerprint density at radius 1 is 0.966 bits per heavy atom. The lowest BCUT2D eigenvalue weighted by Gasteiger charge is -2.15. The number of esters is 2. The third-order valence-corrected chi connectivity index (χ3v) is 4.01. The second-order valence-electron chi connectivity index (χ2n) is 6.00. The highest BCUT2D eigenvalue weighted by atomic mass is 19.1. The molecule has 0 spiro atoms. The van der Waals surface area contributed by atoms with Gasteiger partial charge < -0.3 is 14.8 Å². The fourth-order valence-corrected chi connectivity index (χ4v) is 2.80. The molecule has 8 heteroatoms. The van der Waals surface area contributed by atoms with E-state index in [-0.39, 0.29) is 35.7 Å². The number of halogens is 2. The molecule has 1 aromatic heterocycles. The molecule has 3 rings (SSSR count). The van der Waals surface area contributed by atoms with Crippen LogP contribution >= 0.6 is 0 Å². The quantitative estimate of drug-likeness (QED) is 0.609. The maximum absolute atomic E-state index is 13.6. The fourth-order valence-electron chi connectivity index (χ4n) is 2.80. The van der Waals surface area contributed by atoms with Gasteiger partial charge in [-0.3, -0.25) is 4.98 Å². The van der Waals surface area contributed by atoms with Crippen LogP contribution < -0.4 is 5.32 Å². The van der Waals surface area contributed by atoms with Crippen LogP contribution in [-0.4, -0.2) is 30.1 Å². The maximum atomic E-state index is 13.6. The summed E-state index contributed by atoms with van der Waals surface area (Å²) in [5.74, 6) is -2.77. The normalized spacial score (nSPS) is 10.6. The van der Waals surface area contributed by atoms with E-state index >= 15 is 0 Å². The highest BCUT2D eigenvalue weighted by Crippen LogP contribution is 2.31. The van der Waals surface area contributed by atoms with Crippen LogP contribution in [0.4, 0.5) is 20.2 Å². The molecule has 0 aliphatic carbocycles. The number of anilines is 2. The van der Waals surface area contributed by atoms with Gasteiger partial charge in [-0.1, -0.05) is 0 Å². The third kappa shape index (κ3) is 4.48. The molecule has 6 nitrogen and oxygen atoms in total. The number of rotatable bonds is 6. The standard InChI is InChI=1S/C21H18F2N2O4/c1-3-28-20(26)12-5-6-18-16(7-12)19(17(11-24-18)21(27)29-4-2)25-15-9-13(22)8-14(23)10-15/h5-11H,3-4H2,1-2H3,(H,24,25). The number of ether oxygens (including phenoxy) is 2. The summed E-state index contributed by atoms with van der Waals surface area (Å²) in [6.45, 7) is 3.67. The lowest BCUT2D eigenvalue weighted by molar-refractivity contribution is 0.0518. The number of hydrogen-bond donors (Lipinski definition) is 1. The Labute approximate surface area is 165 Å². The molecule has 0 fully saturated rings. The zero-order valence-electron chi connectivity index (χ0n) is 15.8. The zero-order valence-corrected chi connectivity index (χ0v) is 15.8. The third-order valence-electron chi connectivity index (χ3n) is 4.01. The van der Waals surface area contributed by atoms with E-state index in [2.05, 4.69) is 10.3 Å². The Bertz CT molecular complexity index is 1060. The van der Waals surface area contributed by atoms with Crippen LogP contribution in [0.15, 0.2) is 42.6 Å².